The first-order valence-corrected chi connectivity index (χ1v) is 12.6. The van der Waals surface area contributed by atoms with Crippen molar-refractivity contribution in [2.24, 2.45) is 0 Å². The van der Waals surface area contributed by atoms with E-state index in [1.165, 1.54) is 11.3 Å². The Morgan fingerprint density at radius 2 is 1.92 bits per heavy atom. The fourth-order valence-electron chi connectivity index (χ4n) is 4.65. The number of amides is 1. The number of carbonyl (C=O) groups is 2. The Morgan fingerprint density at radius 3 is 2.61 bits per heavy atom. The van der Waals surface area contributed by atoms with E-state index in [0.717, 1.165) is 27.8 Å². The molecule has 0 unspecified atom stereocenters. The minimum absolute atomic E-state index is 0.104. The number of aromatic amines is 1. The number of aliphatic hydroxyl groups excluding tert-OH is 1. The molecule has 7 nitrogen and oxygen atoms in total. The number of carbonyl (C=O) groups excluding carboxylic acids is 2. The topological polar surface area (TPSA) is 91.9 Å². The SMILES string of the molecule is CCOc1ccc([C@@H]2C(C(=O)c3cccs3)=C(O)C(=O)N2CCc2c[nH]c3ccc(OC)cc23)cc1. The minimum Gasteiger partial charge on any atom is -0.503 e. The Labute approximate surface area is 212 Å². The van der Waals surface area contributed by atoms with Gasteiger partial charge < -0.3 is 24.5 Å². The number of rotatable bonds is 9. The van der Waals surface area contributed by atoms with Gasteiger partial charge in [-0.25, -0.2) is 0 Å². The number of nitrogens with zero attached hydrogens (tertiary/aromatic N) is 1. The standard InChI is InChI=1S/C28H26N2O5S/c1-3-35-19-8-6-17(7-9-19)25-24(26(31)23-5-4-14-36-23)27(32)28(33)30(25)13-12-18-16-29-22-11-10-20(34-2)15-21(18)22/h4-11,14-16,25,29,32H,3,12-13H2,1-2H3/t25-/m1/s1. The lowest BCUT2D eigenvalue weighted by Gasteiger charge is -2.27. The molecule has 2 N–H and O–H groups in total. The van der Waals surface area contributed by atoms with Crippen molar-refractivity contribution < 1.29 is 24.2 Å². The number of thiophene rings is 1. The maximum Gasteiger partial charge on any atom is 0.290 e. The van der Waals surface area contributed by atoms with E-state index in [9.17, 15) is 14.7 Å². The van der Waals surface area contributed by atoms with Gasteiger partial charge >= 0.3 is 0 Å². The molecule has 0 fully saturated rings. The molecule has 0 saturated carbocycles. The van der Waals surface area contributed by atoms with Crippen molar-refractivity contribution in [1.29, 1.82) is 0 Å². The van der Waals surface area contributed by atoms with E-state index in [0.29, 0.717) is 30.2 Å². The molecule has 2 aromatic heterocycles. The third-order valence-electron chi connectivity index (χ3n) is 6.40. The Kier molecular flexibility index (Phi) is 6.52. The van der Waals surface area contributed by atoms with Gasteiger partial charge in [-0.2, -0.15) is 0 Å². The van der Waals surface area contributed by atoms with Crippen molar-refractivity contribution in [1.82, 2.24) is 9.88 Å². The van der Waals surface area contributed by atoms with E-state index in [4.69, 9.17) is 9.47 Å². The summed E-state index contributed by atoms with van der Waals surface area (Å²) < 4.78 is 10.9. The van der Waals surface area contributed by atoms with Crippen molar-refractivity contribution in [2.75, 3.05) is 20.3 Å². The Hall–Kier alpha value is -4.04. The van der Waals surface area contributed by atoms with Crippen LogP contribution >= 0.6 is 11.3 Å². The molecule has 4 aromatic rings. The molecular formula is C28H26N2O5S. The van der Waals surface area contributed by atoms with Crippen molar-refractivity contribution in [3.05, 3.63) is 93.5 Å². The van der Waals surface area contributed by atoms with Crippen molar-refractivity contribution in [2.45, 2.75) is 19.4 Å². The zero-order chi connectivity index (χ0) is 25.2. The average molecular weight is 503 g/mol. The van der Waals surface area contributed by atoms with E-state index >= 15 is 0 Å². The Bertz CT molecular complexity index is 1440. The van der Waals surface area contributed by atoms with Crippen LogP contribution in [0.4, 0.5) is 0 Å². The third-order valence-corrected chi connectivity index (χ3v) is 7.27. The minimum atomic E-state index is -0.706. The summed E-state index contributed by atoms with van der Waals surface area (Å²) >= 11 is 1.28. The molecule has 2 aromatic carbocycles. The molecule has 1 aliphatic heterocycles. The number of Topliss-reactive ketones (excluding diaryl/α,β-unsaturated/α-hetero) is 1. The van der Waals surface area contributed by atoms with Crippen LogP contribution in [0.2, 0.25) is 0 Å². The van der Waals surface area contributed by atoms with E-state index in [1.807, 2.05) is 55.6 Å². The zero-order valence-electron chi connectivity index (χ0n) is 20.0. The highest BCUT2D eigenvalue weighted by Crippen LogP contribution is 2.40. The van der Waals surface area contributed by atoms with Crippen molar-refractivity contribution in [3.63, 3.8) is 0 Å². The van der Waals surface area contributed by atoms with Crippen LogP contribution in [0.25, 0.3) is 10.9 Å². The second-order valence-corrected chi connectivity index (χ2v) is 9.39. The van der Waals surface area contributed by atoms with Gasteiger partial charge in [0, 0.05) is 23.6 Å². The van der Waals surface area contributed by atoms with Gasteiger partial charge in [-0.15, -0.1) is 11.3 Å². The van der Waals surface area contributed by atoms with Crippen molar-refractivity contribution >= 4 is 33.9 Å². The lowest BCUT2D eigenvalue weighted by atomic mass is 9.95. The molecule has 1 amide bonds. The monoisotopic (exact) mass is 502 g/mol. The number of H-pyrrole nitrogens is 1. The smallest absolute Gasteiger partial charge is 0.290 e. The number of nitrogens with one attached hydrogen (secondary N) is 1. The fraction of sp³-hybridized carbons (Fsp3) is 0.214. The summed E-state index contributed by atoms with van der Waals surface area (Å²) in [5.74, 6) is 0.0633. The van der Waals surface area contributed by atoms with Crippen LogP contribution in [-0.2, 0) is 11.2 Å². The van der Waals surface area contributed by atoms with E-state index < -0.39 is 17.7 Å². The van der Waals surface area contributed by atoms with Crippen molar-refractivity contribution in [3.8, 4) is 11.5 Å². The molecular weight excluding hydrogens is 476 g/mol. The van der Waals surface area contributed by atoms with Gasteiger partial charge in [0.05, 0.1) is 30.2 Å². The van der Waals surface area contributed by atoms with Crippen LogP contribution in [0.5, 0.6) is 11.5 Å². The van der Waals surface area contributed by atoms with Gasteiger partial charge in [-0.3, -0.25) is 9.59 Å². The molecule has 8 heteroatoms. The quantitative estimate of drug-likeness (QED) is 0.297. The number of ether oxygens (including phenoxy) is 2. The van der Waals surface area contributed by atoms with Gasteiger partial charge in [0.1, 0.15) is 11.5 Å². The molecule has 5 rings (SSSR count). The molecule has 1 aliphatic rings. The van der Waals surface area contributed by atoms with Crippen LogP contribution in [0.15, 0.2) is 77.5 Å². The molecule has 36 heavy (non-hydrogen) atoms. The number of hydrogen-bond donors (Lipinski definition) is 2. The van der Waals surface area contributed by atoms with Crippen LogP contribution in [0, 0.1) is 0 Å². The number of fused-ring (bicyclic) bond motifs is 1. The maximum absolute atomic E-state index is 13.4. The molecule has 1 atom stereocenters. The number of benzene rings is 2. The summed E-state index contributed by atoms with van der Waals surface area (Å²) in [4.78, 5) is 32.0. The Balaban J connectivity index is 1.49. The highest BCUT2D eigenvalue weighted by atomic mass is 32.1. The highest BCUT2D eigenvalue weighted by Gasteiger charge is 2.43. The first-order chi connectivity index (χ1) is 17.5. The molecule has 0 spiro atoms. The summed E-state index contributed by atoms with van der Waals surface area (Å²) in [7, 11) is 1.62. The van der Waals surface area contributed by atoms with Gasteiger partial charge in [-0.1, -0.05) is 18.2 Å². The molecule has 184 valence electrons. The number of methoxy groups -OCH3 is 1. The van der Waals surface area contributed by atoms with Gasteiger partial charge in [-0.05, 0) is 66.2 Å². The molecule has 0 saturated heterocycles. The predicted molar refractivity (Wildman–Crippen MR) is 139 cm³/mol. The normalized spacial score (nSPS) is 15.7. The van der Waals surface area contributed by atoms with E-state index in [1.54, 1.807) is 29.5 Å². The van der Waals surface area contributed by atoms with Crippen LogP contribution < -0.4 is 9.47 Å². The number of aromatic nitrogens is 1. The van der Waals surface area contributed by atoms with E-state index in [-0.39, 0.29) is 11.4 Å². The Morgan fingerprint density at radius 1 is 1.14 bits per heavy atom. The van der Waals surface area contributed by atoms with Gasteiger partial charge in [0.2, 0.25) is 5.78 Å². The third kappa shape index (κ3) is 4.24. The summed E-state index contributed by atoms with van der Waals surface area (Å²) in [5.41, 5.74) is 2.82. The zero-order valence-corrected chi connectivity index (χ0v) is 20.8. The molecule has 3 heterocycles. The van der Waals surface area contributed by atoms with Gasteiger partial charge in [0.15, 0.2) is 5.76 Å². The maximum atomic E-state index is 13.4. The summed E-state index contributed by atoms with van der Waals surface area (Å²) in [6.07, 6.45) is 2.45. The number of hydrogen-bond acceptors (Lipinski definition) is 6. The largest absolute Gasteiger partial charge is 0.503 e. The molecule has 0 bridgehead atoms. The molecule has 0 aliphatic carbocycles. The number of ketones is 1. The van der Waals surface area contributed by atoms with Crippen LogP contribution in [-0.4, -0.2) is 46.9 Å². The first-order valence-electron chi connectivity index (χ1n) is 11.7. The summed E-state index contributed by atoms with van der Waals surface area (Å²) in [6.45, 7) is 2.75. The lowest BCUT2D eigenvalue weighted by Crippen LogP contribution is -2.33. The summed E-state index contributed by atoms with van der Waals surface area (Å²) in [5, 5.41) is 13.7. The van der Waals surface area contributed by atoms with E-state index in [2.05, 4.69) is 4.98 Å². The second kappa shape index (κ2) is 9.91. The average Bonchev–Trinajstić information content (AvgIpc) is 3.63. The fourth-order valence-corrected chi connectivity index (χ4v) is 5.33. The van der Waals surface area contributed by atoms with Crippen LogP contribution in [0.1, 0.15) is 33.8 Å². The second-order valence-electron chi connectivity index (χ2n) is 8.45. The summed E-state index contributed by atoms with van der Waals surface area (Å²) in [6, 6.07) is 15.9. The predicted octanol–water partition coefficient (Wildman–Crippen LogP) is 5.46. The molecule has 0 radical (unpaired) electrons. The van der Waals surface area contributed by atoms with Crippen LogP contribution in [0.3, 0.4) is 0 Å². The van der Waals surface area contributed by atoms with Gasteiger partial charge in [0.25, 0.3) is 5.91 Å². The first kappa shape index (κ1) is 23.7. The lowest BCUT2D eigenvalue weighted by molar-refractivity contribution is -0.129. The number of aliphatic hydroxyl groups is 1. The highest BCUT2D eigenvalue weighted by molar-refractivity contribution is 7.12.